The average Bonchev–Trinajstić information content (AvgIpc) is 3.19. The number of ether oxygens (including phenoxy) is 2. The van der Waals surface area contributed by atoms with E-state index in [1.165, 1.54) is 26.4 Å². The Kier molecular flexibility index (Phi) is 7.36. The fourth-order valence-electron chi connectivity index (χ4n) is 4.00. The van der Waals surface area contributed by atoms with Crippen molar-refractivity contribution >= 4 is 40.6 Å². The number of nitrogens with one attached hydrogen (secondary N) is 2. The molecule has 0 saturated carbocycles. The highest BCUT2D eigenvalue weighted by Gasteiger charge is 2.48. The van der Waals surface area contributed by atoms with Crippen LogP contribution in [0.1, 0.15) is 40.1 Å². The Labute approximate surface area is 221 Å². The first-order valence-electron chi connectivity index (χ1n) is 10.8. The number of hydrogen-bond donors (Lipinski definition) is 2. The SMILES string of the molecule is COc1ccc([C@@H]2C[C@@H](C(F)(F)F)n3nc(C(=O)Nc4cc(C(F)(F)F)ccc4Cl)c(Cl)c3N2)cc1OC. The number of nitrogens with zero attached hydrogens (tertiary/aromatic N) is 2. The van der Waals surface area contributed by atoms with Crippen LogP contribution in [0.3, 0.4) is 0 Å². The third-order valence-electron chi connectivity index (χ3n) is 5.86. The Bertz CT molecular complexity index is 1380. The summed E-state index contributed by atoms with van der Waals surface area (Å²) >= 11 is 12.2. The maximum absolute atomic E-state index is 14.1. The van der Waals surface area contributed by atoms with Crippen LogP contribution in [0.2, 0.25) is 10.0 Å². The number of benzene rings is 2. The van der Waals surface area contributed by atoms with E-state index in [0.29, 0.717) is 33.9 Å². The number of amides is 1. The van der Waals surface area contributed by atoms with Crippen molar-refractivity contribution in [2.45, 2.75) is 30.9 Å². The summed E-state index contributed by atoms with van der Waals surface area (Å²) in [7, 11) is 2.79. The minimum Gasteiger partial charge on any atom is -0.493 e. The number of alkyl halides is 6. The van der Waals surface area contributed by atoms with Gasteiger partial charge in [-0.3, -0.25) is 4.79 Å². The maximum atomic E-state index is 14.1. The number of anilines is 2. The zero-order chi connectivity index (χ0) is 28.0. The molecule has 1 aliphatic heterocycles. The summed E-state index contributed by atoms with van der Waals surface area (Å²) in [6.07, 6.45) is -10.0. The molecule has 1 aromatic heterocycles. The zero-order valence-electron chi connectivity index (χ0n) is 19.5. The van der Waals surface area contributed by atoms with Crippen LogP contribution in [-0.4, -0.2) is 36.1 Å². The number of aromatic nitrogens is 2. The lowest BCUT2D eigenvalue weighted by molar-refractivity contribution is -0.173. The lowest BCUT2D eigenvalue weighted by Gasteiger charge is -2.33. The number of methoxy groups -OCH3 is 2. The molecule has 2 heterocycles. The van der Waals surface area contributed by atoms with Crippen molar-refractivity contribution in [3.63, 3.8) is 0 Å². The predicted molar refractivity (Wildman–Crippen MR) is 127 cm³/mol. The molecular weight excluding hydrogens is 565 g/mol. The first kappa shape index (κ1) is 27.7. The van der Waals surface area contributed by atoms with Crippen molar-refractivity contribution in [1.29, 1.82) is 0 Å². The third-order valence-corrected chi connectivity index (χ3v) is 6.55. The molecule has 1 aliphatic rings. The van der Waals surface area contributed by atoms with Gasteiger partial charge >= 0.3 is 12.4 Å². The second-order valence-electron chi connectivity index (χ2n) is 8.21. The second-order valence-corrected chi connectivity index (χ2v) is 8.99. The number of rotatable bonds is 5. The largest absolute Gasteiger partial charge is 0.493 e. The Morgan fingerprint density at radius 2 is 1.74 bits per heavy atom. The van der Waals surface area contributed by atoms with Gasteiger partial charge in [0.1, 0.15) is 10.8 Å². The molecule has 0 aliphatic carbocycles. The van der Waals surface area contributed by atoms with Gasteiger partial charge in [-0.25, -0.2) is 4.68 Å². The molecule has 1 amide bonds. The second kappa shape index (κ2) is 10.1. The molecule has 3 aromatic rings. The van der Waals surface area contributed by atoms with Crippen LogP contribution < -0.4 is 20.1 Å². The monoisotopic (exact) mass is 582 g/mol. The zero-order valence-corrected chi connectivity index (χ0v) is 21.0. The molecule has 0 bridgehead atoms. The van der Waals surface area contributed by atoms with Crippen LogP contribution in [0.25, 0.3) is 0 Å². The van der Waals surface area contributed by atoms with Crippen molar-refractivity contribution in [3.05, 3.63) is 63.3 Å². The van der Waals surface area contributed by atoms with Crippen LogP contribution >= 0.6 is 23.2 Å². The number of carbonyl (C=O) groups excluding carboxylic acids is 1. The molecule has 0 radical (unpaired) electrons. The van der Waals surface area contributed by atoms with Gasteiger partial charge < -0.3 is 20.1 Å². The summed E-state index contributed by atoms with van der Waals surface area (Å²) in [5, 5.41) is 8.09. The van der Waals surface area contributed by atoms with Gasteiger partial charge in [0.15, 0.2) is 23.2 Å². The summed E-state index contributed by atoms with van der Waals surface area (Å²) in [5.74, 6) is -0.780. The smallest absolute Gasteiger partial charge is 0.416 e. The fourth-order valence-corrected chi connectivity index (χ4v) is 4.43. The first-order chi connectivity index (χ1) is 17.7. The highest BCUT2D eigenvalue weighted by Crippen LogP contribution is 2.47. The van der Waals surface area contributed by atoms with E-state index in [-0.39, 0.29) is 10.8 Å². The minimum absolute atomic E-state index is 0.230. The van der Waals surface area contributed by atoms with Crippen molar-refractivity contribution in [3.8, 4) is 11.5 Å². The van der Waals surface area contributed by atoms with E-state index in [2.05, 4.69) is 15.7 Å². The van der Waals surface area contributed by atoms with Gasteiger partial charge in [0.25, 0.3) is 5.91 Å². The van der Waals surface area contributed by atoms with E-state index >= 15 is 0 Å². The van der Waals surface area contributed by atoms with Crippen molar-refractivity contribution < 1.29 is 40.6 Å². The molecule has 0 fully saturated rings. The molecule has 204 valence electrons. The summed E-state index contributed by atoms with van der Waals surface area (Å²) in [4.78, 5) is 12.9. The minimum atomic E-state index is -4.78. The normalized spacial score (nSPS) is 17.4. The van der Waals surface area contributed by atoms with Gasteiger partial charge in [-0.15, -0.1) is 0 Å². The van der Waals surface area contributed by atoms with Gasteiger partial charge in [-0.1, -0.05) is 29.3 Å². The van der Waals surface area contributed by atoms with E-state index in [9.17, 15) is 31.1 Å². The summed E-state index contributed by atoms with van der Waals surface area (Å²) in [6, 6.07) is 3.73. The maximum Gasteiger partial charge on any atom is 0.416 e. The van der Waals surface area contributed by atoms with Crippen molar-refractivity contribution in [1.82, 2.24) is 9.78 Å². The van der Waals surface area contributed by atoms with E-state index in [1.54, 1.807) is 6.07 Å². The number of carbonyl (C=O) groups is 1. The van der Waals surface area contributed by atoms with E-state index in [1.807, 2.05) is 0 Å². The molecule has 2 aromatic carbocycles. The molecule has 2 atom stereocenters. The van der Waals surface area contributed by atoms with Crippen molar-refractivity contribution in [2.24, 2.45) is 0 Å². The summed E-state index contributed by atoms with van der Waals surface area (Å²) in [5.41, 5.74) is -1.73. The molecule has 0 saturated heterocycles. The average molecular weight is 583 g/mol. The van der Waals surface area contributed by atoms with Crippen LogP contribution in [-0.2, 0) is 6.18 Å². The van der Waals surface area contributed by atoms with E-state index in [4.69, 9.17) is 32.7 Å². The van der Waals surface area contributed by atoms with Gasteiger partial charge in [-0.05, 0) is 35.9 Å². The van der Waals surface area contributed by atoms with Crippen LogP contribution in [0.4, 0.5) is 37.8 Å². The quantitative estimate of drug-likeness (QED) is 0.313. The van der Waals surface area contributed by atoms with Crippen molar-refractivity contribution in [2.75, 3.05) is 24.9 Å². The molecule has 0 unspecified atom stereocenters. The number of halogens is 8. The van der Waals surface area contributed by atoms with E-state index in [0.717, 1.165) is 6.07 Å². The lowest BCUT2D eigenvalue weighted by atomic mass is 9.96. The molecule has 4 rings (SSSR count). The Morgan fingerprint density at radius 1 is 1.05 bits per heavy atom. The summed E-state index contributed by atoms with van der Waals surface area (Å²) < 4.78 is 92.4. The Balaban J connectivity index is 1.71. The highest BCUT2D eigenvalue weighted by molar-refractivity contribution is 6.37. The molecule has 15 heteroatoms. The van der Waals surface area contributed by atoms with Crippen LogP contribution in [0, 0.1) is 0 Å². The first-order valence-corrected chi connectivity index (χ1v) is 11.5. The molecule has 0 spiro atoms. The van der Waals surface area contributed by atoms with Crippen LogP contribution in [0.5, 0.6) is 11.5 Å². The molecule has 2 N–H and O–H groups in total. The standard InChI is InChI=1S/C23H18Cl2F6N4O3/c1-37-15-6-3-10(7-16(15)38-2)13-9-17(23(29,30)31)35-20(32-13)18(25)19(34-35)21(36)33-14-8-11(22(26,27)28)4-5-12(14)24/h3-8,13,17,32H,9H2,1-2H3,(H,33,36)/t13-,17-/m0/s1. The van der Waals surface area contributed by atoms with Gasteiger partial charge in [0, 0.05) is 6.42 Å². The third kappa shape index (κ3) is 5.30. The number of fused-ring (bicyclic) bond motifs is 1. The highest BCUT2D eigenvalue weighted by atomic mass is 35.5. The molecule has 7 nitrogen and oxygen atoms in total. The fraction of sp³-hybridized carbons (Fsp3) is 0.304. The van der Waals surface area contributed by atoms with Gasteiger partial charge in [0.05, 0.1) is 36.5 Å². The van der Waals surface area contributed by atoms with Crippen LogP contribution in [0.15, 0.2) is 36.4 Å². The Hall–Kier alpha value is -3.32. The van der Waals surface area contributed by atoms with Gasteiger partial charge in [-0.2, -0.15) is 31.4 Å². The van der Waals surface area contributed by atoms with Gasteiger partial charge in [0.2, 0.25) is 0 Å². The molecule has 38 heavy (non-hydrogen) atoms. The molecular formula is C23H18Cl2F6N4O3. The summed E-state index contributed by atoms with van der Waals surface area (Å²) in [6.45, 7) is 0. The van der Waals surface area contributed by atoms with E-state index < -0.39 is 58.7 Å². The Morgan fingerprint density at radius 3 is 2.34 bits per heavy atom. The predicted octanol–water partition coefficient (Wildman–Crippen LogP) is 7.14. The topological polar surface area (TPSA) is 77.4 Å². The number of hydrogen-bond acceptors (Lipinski definition) is 5. The lowest BCUT2D eigenvalue weighted by Crippen LogP contribution is -2.35.